The Labute approximate surface area is 846 Å². The third-order valence-corrected chi connectivity index (χ3v) is 27.5. The van der Waals surface area contributed by atoms with Gasteiger partial charge >= 0.3 is 0 Å². The van der Waals surface area contributed by atoms with Crippen LogP contribution in [0.1, 0.15) is 66.8 Å². The Morgan fingerprint density at radius 1 is 0.130 bits per heavy atom. The quantitative estimate of drug-likeness (QED) is 0.0484. The number of hydrogen-bond acceptors (Lipinski definition) is 6. The van der Waals surface area contributed by atoms with Crippen LogP contribution in [0.2, 0.25) is 0 Å². The van der Waals surface area contributed by atoms with Gasteiger partial charge in [-0.3, -0.25) is 29.9 Å². The molecule has 0 aliphatic carbocycles. The second kappa shape index (κ2) is 42.0. The molecule has 0 saturated carbocycles. The van der Waals surface area contributed by atoms with Crippen LogP contribution < -0.4 is 0 Å². The van der Waals surface area contributed by atoms with E-state index in [1.54, 1.807) is 62.4 Å². The van der Waals surface area contributed by atoms with E-state index in [0.29, 0.717) is 11.1 Å². The van der Waals surface area contributed by atoms with Gasteiger partial charge in [0.1, 0.15) is 11.6 Å². The molecule has 0 unspecified atom stereocenters. The van der Waals surface area contributed by atoms with Crippen LogP contribution >= 0.6 is 0 Å². The molecule has 0 saturated heterocycles. The molecular formula is C132H100F8N6. The van der Waals surface area contributed by atoms with Gasteiger partial charge in [-0.2, -0.15) is 0 Å². The zero-order chi connectivity index (χ0) is 102. The van der Waals surface area contributed by atoms with Gasteiger partial charge in [0.05, 0.1) is 56.4 Å². The van der Waals surface area contributed by atoms with E-state index < -0.39 is 68.8 Å². The van der Waals surface area contributed by atoms with E-state index in [9.17, 15) is 0 Å². The molecule has 21 aromatic rings. The first-order valence-corrected chi connectivity index (χ1v) is 48.3. The summed E-state index contributed by atoms with van der Waals surface area (Å²) >= 11 is 0. The van der Waals surface area contributed by atoms with Crippen LogP contribution in [-0.4, -0.2) is 29.9 Å². The van der Waals surface area contributed by atoms with E-state index >= 15 is 35.1 Å². The van der Waals surface area contributed by atoms with Crippen molar-refractivity contribution in [3.8, 4) is 201 Å². The van der Waals surface area contributed by atoms with Gasteiger partial charge in [0.15, 0.2) is 34.9 Å². The predicted molar refractivity (Wildman–Crippen MR) is 580 cm³/mol. The van der Waals surface area contributed by atoms with Crippen LogP contribution in [0.3, 0.4) is 0 Å². The average Bonchev–Trinajstić information content (AvgIpc) is 0.733. The summed E-state index contributed by atoms with van der Waals surface area (Å²) in [7, 11) is 0. The van der Waals surface area contributed by atoms with Gasteiger partial charge in [0.25, 0.3) is 0 Å². The standard InChI is InChI=1S/C46H40N2.C44H36N2.C42H24F8N2/c1-29-13-7-9-17-37(29)41-27-44(40-26-36(22-20-32(40)4)46-34(6)16-12-24-48-46)42(38-18-10-8-14-30(38)2)28-43(41)39-25-35(21-19-31(39)3)45-33(5)15-11-23-47-45;1-29-19-21-35(43-31(3)13-11-23-45-43)25-37(29)41-27-40(34-17-9-6-10-18-34)42(28-39(41)33-15-7-5-8-16-33)38-26-36(22-20-30(38)2)44-32(4)14-12-24-46-44;1-21-11-3-5-13-23(21)25-19-28(32-36(44)34(30-16-8-10-18-52-30)40(48)42(50)38(32)46)26(24-14-6-4-12-22(24)2)20-27(25)31-35(43)33(29-15-7-9-17-51-29)39(47)41(49)37(31)45/h7-28H,1-6H3;5-28H,1-4H3;3-20H,1-2H3. The van der Waals surface area contributed by atoms with E-state index in [1.165, 1.54) is 206 Å². The summed E-state index contributed by atoms with van der Waals surface area (Å²) in [6.07, 6.45) is 9.97. The predicted octanol–water partition coefficient (Wildman–Crippen LogP) is 36.2. The zero-order valence-electron chi connectivity index (χ0n) is 82.7. The molecule has 6 nitrogen and oxygen atoms in total. The number of aromatic nitrogens is 6. The summed E-state index contributed by atoms with van der Waals surface area (Å²) in [5.74, 6) is -14.3. The Morgan fingerprint density at radius 2 is 0.342 bits per heavy atom. The van der Waals surface area contributed by atoms with E-state index in [2.05, 4.69) is 310 Å². The van der Waals surface area contributed by atoms with Crippen molar-refractivity contribution < 1.29 is 35.1 Å². The number of pyridine rings is 6. The van der Waals surface area contributed by atoms with Crippen LogP contribution in [0, 0.1) is 130 Å². The molecule has 15 aromatic carbocycles. The molecule has 0 amide bonds. The van der Waals surface area contributed by atoms with Crippen LogP contribution in [0.25, 0.3) is 201 Å². The number of rotatable bonds is 18. The lowest BCUT2D eigenvalue weighted by molar-refractivity contribution is 0.439. The molecule has 6 aromatic heterocycles. The van der Waals surface area contributed by atoms with Crippen molar-refractivity contribution in [2.24, 2.45) is 0 Å². The van der Waals surface area contributed by atoms with Crippen LogP contribution in [0.15, 0.2) is 389 Å². The highest BCUT2D eigenvalue weighted by Crippen LogP contribution is 2.53. The molecule has 6 heterocycles. The van der Waals surface area contributed by atoms with Gasteiger partial charge in [0, 0.05) is 59.4 Å². The average molecular weight is 1920 g/mol. The number of hydrogen-bond donors (Lipinski definition) is 0. The van der Waals surface area contributed by atoms with Gasteiger partial charge in [-0.05, 0) is 381 Å². The van der Waals surface area contributed by atoms with Crippen molar-refractivity contribution in [3.05, 3.63) is 502 Å². The third-order valence-electron chi connectivity index (χ3n) is 27.5. The molecule has 146 heavy (non-hydrogen) atoms. The SMILES string of the molecule is Cc1ccc(-c2ncccc2C)cc1-c1cc(-c2ccccc2)c(-c2cc(-c3ncccc3C)ccc2C)cc1-c1ccccc1.Cc1ccccc1-c1cc(-c2c(F)c(F)c(F)c(-c3ccccn3)c2F)c(-c2ccccc2C)cc1-c1c(F)c(F)c(F)c(-c2ccccn2)c1F.Cc1ccccc1-c1cc(-c2cc(-c3ncccc3C)ccc2C)c(-c2ccccc2C)cc1-c1cc(-c2ncccc2C)ccc1C. The molecule has 0 fully saturated rings. The van der Waals surface area contributed by atoms with Gasteiger partial charge in [-0.25, -0.2) is 35.1 Å². The van der Waals surface area contributed by atoms with Crippen LogP contribution in [0.5, 0.6) is 0 Å². The molecular weight excluding hydrogens is 1820 g/mol. The lowest BCUT2D eigenvalue weighted by Gasteiger charge is -2.22. The molecule has 0 spiro atoms. The second-order valence-electron chi connectivity index (χ2n) is 37.1. The van der Waals surface area contributed by atoms with Crippen molar-refractivity contribution in [2.75, 3.05) is 0 Å². The van der Waals surface area contributed by atoms with Crippen LogP contribution in [0.4, 0.5) is 35.1 Å². The Balaban J connectivity index is 0.000000138. The van der Waals surface area contributed by atoms with Crippen molar-refractivity contribution in [3.63, 3.8) is 0 Å². The normalized spacial score (nSPS) is 11.2. The van der Waals surface area contributed by atoms with Crippen molar-refractivity contribution >= 4 is 0 Å². The molecule has 21 rings (SSSR count). The maximum Gasteiger partial charge on any atom is 0.195 e. The minimum atomic E-state index is -1.98. The zero-order valence-corrected chi connectivity index (χ0v) is 82.7. The summed E-state index contributed by atoms with van der Waals surface area (Å²) in [6, 6.07) is 116. The smallest absolute Gasteiger partial charge is 0.195 e. The summed E-state index contributed by atoms with van der Waals surface area (Å²) in [4.78, 5) is 27.0. The molecule has 0 radical (unpaired) electrons. The maximum atomic E-state index is 16.7. The highest BCUT2D eigenvalue weighted by molar-refractivity contribution is 6.02. The van der Waals surface area contributed by atoms with Crippen LogP contribution in [-0.2, 0) is 0 Å². The fourth-order valence-electron chi connectivity index (χ4n) is 19.8. The van der Waals surface area contributed by atoms with Gasteiger partial charge in [-0.15, -0.1) is 0 Å². The number of aryl methyl sites for hydroxylation is 12. The first-order valence-electron chi connectivity index (χ1n) is 48.3. The highest BCUT2D eigenvalue weighted by atomic mass is 19.2. The lowest BCUT2D eigenvalue weighted by Crippen LogP contribution is -2.07. The van der Waals surface area contributed by atoms with Gasteiger partial charge < -0.3 is 0 Å². The summed E-state index contributed by atoms with van der Waals surface area (Å²) in [5, 5.41) is 0. The molecule has 0 atom stereocenters. The van der Waals surface area contributed by atoms with Crippen molar-refractivity contribution in [1.29, 1.82) is 0 Å². The minimum Gasteiger partial charge on any atom is -0.256 e. The van der Waals surface area contributed by atoms with E-state index in [0.717, 1.165) is 45.0 Å². The number of benzene rings is 15. The summed E-state index contributed by atoms with van der Waals surface area (Å²) < 4.78 is 127. The maximum absolute atomic E-state index is 16.7. The number of nitrogens with zero attached hydrogens (tertiary/aromatic N) is 6. The second-order valence-corrected chi connectivity index (χ2v) is 37.1. The minimum absolute atomic E-state index is 0.0795. The molecule has 0 aliphatic heterocycles. The van der Waals surface area contributed by atoms with E-state index in [-0.39, 0.29) is 44.8 Å². The largest absolute Gasteiger partial charge is 0.256 e. The van der Waals surface area contributed by atoms with E-state index in [1.807, 2.05) is 49.1 Å². The highest BCUT2D eigenvalue weighted by Gasteiger charge is 2.35. The van der Waals surface area contributed by atoms with Gasteiger partial charge in [0.2, 0.25) is 0 Å². The molecule has 714 valence electrons. The fourth-order valence-corrected chi connectivity index (χ4v) is 19.8. The first kappa shape index (κ1) is 97.5. The molecule has 0 N–H and O–H groups in total. The molecule has 0 aliphatic rings. The summed E-state index contributed by atoms with van der Waals surface area (Å²) in [5.41, 5.74) is 36.3. The monoisotopic (exact) mass is 1920 g/mol. The van der Waals surface area contributed by atoms with Crippen molar-refractivity contribution in [2.45, 2.75) is 83.1 Å². The van der Waals surface area contributed by atoms with Gasteiger partial charge in [-0.1, -0.05) is 243 Å². The molecule has 14 heteroatoms. The Morgan fingerprint density at radius 3 is 0.610 bits per heavy atom. The van der Waals surface area contributed by atoms with Crippen molar-refractivity contribution in [1.82, 2.24) is 29.9 Å². The Bertz CT molecular complexity index is 8100. The molecule has 0 bridgehead atoms. The Kier molecular flexibility index (Phi) is 28.1. The fraction of sp³-hybridized carbons (Fsp3) is 0.0909. The number of halogens is 8. The Hall–Kier alpha value is -17.4. The first-order chi connectivity index (χ1) is 70.8. The summed E-state index contributed by atoms with van der Waals surface area (Å²) in [6.45, 7) is 25.1. The van der Waals surface area contributed by atoms with E-state index in [4.69, 9.17) is 19.9 Å². The topological polar surface area (TPSA) is 77.3 Å². The lowest BCUT2D eigenvalue weighted by atomic mass is 9.81. The third kappa shape index (κ3) is 19.2.